The average Bonchev–Trinajstić information content (AvgIpc) is 2.50. The van der Waals surface area contributed by atoms with E-state index in [4.69, 9.17) is 11.6 Å². The molecule has 0 aliphatic carbocycles. The number of anilines is 1. The lowest BCUT2D eigenvalue weighted by Crippen LogP contribution is -2.31. The highest BCUT2D eigenvalue weighted by Gasteiger charge is 2.11. The molecule has 0 spiro atoms. The number of hydrogen-bond acceptors (Lipinski definition) is 1. The number of benzene rings is 2. The van der Waals surface area contributed by atoms with Crippen molar-refractivity contribution >= 4 is 23.3 Å². The number of carbonyl (C=O) groups excluding carboxylic acids is 1. The van der Waals surface area contributed by atoms with Crippen molar-refractivity contribution in [1.29, 1.82) is 0 Å². The number of aryl methyl sites for hydroxylation is 1. The lowest BCUT2D eigenvalue weighted by molar-refractivity contribution is 0.249. The van der Waals surface area contributed by atoms with Gasteiger partial charge in [-0.05, 0) is 42.7 Å². The summed E-state index contributed by atoms with van der Waals surface area (Å²) >= 11 is 5.67. The summed E-state index contributed by atoms with van der Waals surface area (Å²) in [6.07, 6.45) is 0.971. The standard InChI is InChI=1S/C17H18ClFN2O/c1-3-12-4-6-13(7-5-12)11(2)20-17(22)21-16-9-8-14(18)10-15(16)19/h4-11H,3H2,1-2H3,(H2,20,21,22)/t11-/m0/s1. The fraction of sp³-hybridized carbons (Fsp3) is 0.235. The van der Waals surface area contributed by atoms with Crippen molar-refractivity contribution in [2.45, 2.75) is 26.3 Å². The Bertz CT molecular complexity index is 658. The van der Waals surface area contributed by atoms with Gasteiger partial charge in [0, 0.05) is 5.02 Å². The predicted molar refractivity (Wildman–Crippen MR) is 87.8 cm³/mol. The van der Waals surface area contributed by atoms with Gasteiger partial charge in [0.1, 0.15) is 5.82 Å². The molecule has 0 heterocycles. The van der Waals surface area contributed by atoms with Crippen molar-refractivity contribution in [1.82, 2.24) is 5.32 Å². The Hall–Kier alpha value is -2.07. The molecule has 0 unspecified atom stereocenters. The van der Waals surface area contributed by atoms with Crippen LogP contribution in [0.4, 0.5) is 14.9 Å². The summed E-state index contributed by atoms with van der Waals surface area (Å²) in [5.74, 6) is -0.567. The summed E-state index contributed by atoms with van der Waals surface area (Å²) in [6.45, 7) is 3.96. The molecular weight excluding hydrogens is 303 g/mol. The van der Waals surface area contributed by atoms with E-state index in [0.717, 1.165) is 18.1 Å². The third kappa shape index (κ3) is 4.21. The van der Waals surface area contributed by atoms with Crippen molar-refractivity contribution in [2.24, 2.45) is 0 Å². The van der Waals surface area contributed by atoms with Crippen LogP contribution in [0.5, 0.6) is 0 Å². The van der Waals surface area contributed by atoms with Crippen molar-refractivity contribution < 1.29 is 9.18 Å². The molecule has 116 valence electrons. The highest BCUT2D eigenvalue weighted by Crippen LogP contribution is 2.19. The second-order valence-corrected chi connectivity index (χ2v) is 5.48. The highest BCUT2D eigenvalue weighted by atomic mass is 35.5. The van der Waals surface area contributed by atoms with E-state index in [9.17, 15) is 9.18 Å². The number of halogens is 2. The second-order valence-electron chi connectivity index (χ2n) is 5.04. The van der Waals surface area contributed by atoms with Gasteiger partial charge in [-0.25, -0.2) is 9.18 Å². The predicted octanol–water partition coefficient (Wildman–Crippen LogP) is 4.92. The molecule has 2 aromatic carbocycles. The van der Waals surface area contributed by atoms with E-state index in [1.165, 1.54) is 17.7 Å². The third-order valence-corrected chi connectivity index (χ3v) is 3.65. The molecule has 2 rings (SSSR count). The maximum Gasteiger partial charge on any atom is 0.319 e. The number of urea groups is 1. The zero-order valence-electron chi connectivity index (χ0n) is 12.5. The Kier molecular flexibility index (Phi) is 5.39. The molecule has 2 amide bonds. The van der Waals surface area contributed by atoms with Gasteiger partial charge in [0.15, 0.2) is 0 Å². The molecule has 0 saturated carbocycles. The third-order valence-electron chi connectivity index (χ3n) is 3.41. The Labute approximate surface area is 134 Å². The van der Waals surface area contributed by atoms with Crippen LogP contribution in [0.3, 0.4) is 0 Å². The van der Waals surface area contributed by atoms with E-state index in [2.05, 4.69) is 17.6 Å². The molecule has 3 nitrogen and oxygen atoms in total. The summed E-state index contributed by atoms with van der Waals surface area (Å²) in [6, 6.07) is 11.5. The van der Waals surface area contributed by atoms with Crippen molar-refractivity contribution in [2.75, 3.05) is 5.32 Å². The lowest BCUT2D eigenvalue weighted by atomic mass is 10.1. The first-order chi connectivity index (χ1) is 10.5. The molecule has 0 aromatic heterocycles. The van der Waals surface area contributed by atoms with Crippen LogP contribution >= 0.6 is 11.6 Å². The van der Waals surface area contributed by atoms with Crippen molar-refractivity contribution in [3.05, 3.63) is 64.4 Å². The number of carbonyl (C=O) groups is 1. The monoisotopic (exact) mass is 320 g/mol. The van der Waals surface area contributed by atoms with E-state index in [-0.39, 0.29) is 16.8 Å². The molecule has 0 aliphatic heterocycles. The first-order valence-corrected chi connectivity index (χ1v) is 7.48. The van der Waals surface area contributed by atoms with Gasteiger partial charge in [0.25, 0.3) is 0 Å². The highest BCUT2D eigenvalue weighted by molar-refractivity contribution is 6.30. The molecule has 2 aromatic rings. The summed E-state index contributed by atoms with van der Waals surface area (Å²) in [5.41, 5.74) is 2.32. The van der Waals surface area contributed by atoms with Gasteiger partial charge in [-0.15, -0.1) is 0 Å². The summed E-state index contributed by atoms with van der Waals surface area (Å²) in [7, 11) is 0. The SMILES string of the molecule is CCc1ccc([C@H](C)NC(=O)Nc2ccc(Cl)cc2F)cc1. The number of amides is 2. The van der Waals surface area contributed by atoms with Crippen LogP contribution in [0.15, 0.2) is 42.5 Å². The van der Waals surface area contributed by atoms with Gasteiger partial charge in [-0.3, -0.25) is 0 Å². The van der Waals surface area contributed by atoms with E-state index >= 15 is 0 Å². The Morgan fingerprint density at radius 3 is 2.50 bits per heavy atom. The van der Waals surface area contributed by atoms with E-state index in [1.807, 2.05) is 31.2 Å². The first kappa shape index (κ1) is 16.3. The van der Waals surface area contributed by atoms with Crippen LogP contribution in [0.2, 0.25) is 5.02 Å². The number of nitrogens with one attached hydrogen (secondary N) is 2. The smallest absolute Gasteiger partial charge is 0.319 e. The fourth-order valence-electron chi connectivity index (χ4n) is 2.07. The van der Waals surface area contributed by atoms with Gasteiger partial charge in [-0.1, -0.05) is 42.8 Å². The van der Waals surface area contributed by atoms with Crippen LogP contribution in [-0.4, -0.2) is 6.03 Å². The van der Waals surface area contributed by atoms with Gasteiger partial charge in [0.05, 0.1) is 11.7 Å². The molecular formula is C17H18ClFN2O. The molecule has 22 heavy (non-hydrogen) atoms. The molecule has 0 radical (unpaired) electrons. The molecule has 2 N–H and O–H groups in total. The minimum Gasteiger partial charge on any atom is -0.331 e. The zero-order valence-corrected chi connectivity index (χ0v) is 13.2. The second kappa shape index (κ2) is 7.27. The minimum atomic E-state index is -0.567. The van der Waals surface area contributed by atoms with Crippen LogP contribution < -0.4 is 10.6 Å². The van der Waals surface area contributed by atoms with Crippen LogP contribution in [0, 0.1) is 5.82 Å². The Morgan fingerprint density at radius 2 is 1.91 bits per heavy atom. The van der Waals surface area contributed by atoms with Gasteiger partial charge in [-0.2, -0.15) is 0 Å². The molecule has 0 aliphatic rings. The Morgan fingerprint density at radius 1 is 1.23 bits per heavy atom. The normalized spacial score (nSPS) is 11.8. The summed E-state index contributed by atoms with van der Waals surface area (Å²) in [5, 5.41) is 5.54. The average molecular weight is 321 g/mol. The summed E-state index contributed by atoms with van der Waals surface area (Å²) in [4.78, 5) is 11.9. The van der Waals surface area contributed by atoms with Crippen molar-refractivity contribution in [3.8, 4) is 0 Å². The Balaban J connectivity index is 1.98. The molecule has 0 bridgehead atoms. The molecule has 0 fully saturated rings. The van der Waals surface area contributed by atoms with Gasteiger partial charge >= 0.3 is 6.03 Å². The number of hydrogen-bond donors (Lipinski definition) is 2. The van der Waals surface area contributed by atoms with E-state index in [1.54, 1.807) is 0 Å². The quantitative estimate of drug-likeness (QED) is 0.824. The van der Waals surface area contributed by atoms with Gasteiger partial charge < -0.3 is 10.6 Å². The van der Waals surface area contributed by atoms with Crippen molar-refractivity contribution in [3.63, 3.8) is 0 Å². The van der Waals surface area contributed by atoms with Crippen LogP contribution in [-0.2, 0) is 6.42 Å². The largest absolute Gasteiger partial charge is 0.331 e. The van der Waals surface area contributed by atoms with Crippen LogP contribution in [0.25, 0.3) is 0 Å². The first-order valence-electron chi connectivity index (χ1n) is 7.11. The molecule has 0 saturated heterocycles. The topological polar surface area (TPSA) is 41.1 Å². The number of rotatable bonds is 4. The van der Waals surface area contributed by atoms with E-state index in [0.29, 0.717) is 0 Å². The van der Waals surface area contributed by atoms with Crippen LogP contribution in [0.1, 0.15) is 31.0 Å². The zero-order chi connectivity index (χ0) is 16.1. The van der Waals surface area contributed by atoms with Gasteiger partial charge in [0.2, 0.25) is 0 Å². The molecule has 1 atom stereocenters. The fourth-order valence-corrected chi connectivity index (χ4v) is 2.23. The maximum atomic E-state index is 13.6. The minimum absolute atomic E-state index is 0.0930. The molecule has 5 heteroatoms. The summed E-state index contributed by atoms with van der Waals surface area (Å²) < 4.78 is 13.6. The lowest BCUT2D eigenvalue weighted by Gasteiger charge is -2.16. The maximum absolute atomic E-state index is 13.6. The van der Waals surface area contributed by atoms with E-state index < -0.39 is 11.8 Å².